The van der Waals surface area contributed by atoms with E-state index in [2.05, 4.69) is 15.2 Å². The van der Waals surface area contributed by atoms with Gasteiger partial charge in [-0.25, -0.2) is 4.79 Å². The van der Waals surface area contributed by atoms with Crippen LogP contribution in [0, 0.1) is 0 Å². The lowest BCUT2D eigenvalue weighted by Gasteiger charge is -2.37. The highest BCUT2D eigenvalue weighted by Crippen LogP contribution is 2.24. The van der Waals surface area contributed by atoms with Crippen molar-refractivity contribution in [3.8, 4) is 0 Å². The molecule has 1 aromatic heterocycles. The van der Waals surface area contributed by atoms with Crippen molar-refractivity contribution in [2.24, 2.45) is 0 Å². The van der Waals surface area contributed by atoms with Crippen molar-refractivity contribution in [1.29, 1.82) is 0 Å². The molecule has 1 aliphatic heterocycles. The van der Waals surface area contributed by atoms with Crippen molar-refractivity contribution in [3.05, 3.63) is 57.5 Å². The Morgan fingerprint density at radius 1 is 1.34 bits per heavy atom. The van der Waals surface area contributed by atoms with Crippen LogP contribution >= 0.6 is 11.6 Å². The lowest BCUT2D eigenvalue weighted by molar-refractivity contribution is 0.0472. The van der Waals surface area contributed by atoms with E-state index in [1.807, 2.05) is 49.9 Å². The molecule has 1 amide bonds. The van der Waals surface area contributed by atoms with Gasteiger partial charge in [0.25, 0.3) is 5.56 Å². The van der Waals surface area contributed by atoms with Crippen molar-refractivity contribution in [2.75, 3.05) is 30.4 Å². The molecular weight excluding hydrogens is 430 g/mol. The molecule has 32 heavy (non-hydrogen) atoms. The van der Waals surface area contributed by atoms with Crippen LogP contribution in [0.4, 0.5) is 16.2 Å². The van der Waals surface area contributed by atoms with Gasteiger partial charge in [-0.1, -0.05) is 29.8 Å². The number of nitrogen functional groups attached to an aromatic ring is 1. The molecule has 1 aliphatic rings. The number of benzene rings is 1. The minimum atomic E-state index is -0.546. The molecule has 0 aliphatic carbocycles. The second-order valence-corrected chi connectivity index (χ2v) is 9.51. The van der Waals surface area contributed by atoms with Gasteiger partial charge in [0.1, 0.15) is 11.3 Å². The number of H-pyrrole nitrogens is 1. The number of aromatic nitrogens is 1. The van der Waals surface area contributed by atoms with Gasteiger partial charge in [-0.15, -0.1) is 0 Å². The van der Waals surface area contributed by atoms with E-state index in [-0.39, 0.29) is 11.6 Å². The maximum absolute atomic E-state index is 12.6. The van der Waals surface area contributed by atoms with Crippen LogP contribution in [-0.2, 0) is 11.3 Å². The molecule has 1 unspecified atom stereocenters. The van der Waals surface area contributed by atoms with Gasteiger partial charge >= 0.3 is 6.09 Å². The van der Waals surface area contributed by atoms with Crippen molar-refractivity contribution >= 4 is 29.1 Å². The second kappa shape index (κ2) is 10.3. The Bertz CT molecular complexity index is 988. The van der Waals surface area contributed by atoms with Gasteiger partial charge < -0.3 is 25.7 Å². The summed E-state index contributed by atoms with van der Waals surface area (Å²) in [5.74, 6) is 0. The normalized spacial score (nSPS) is 17.1. The summed E-state index contributed by atoms with van der Waals surface area (Å²) in [6.45, 7) is 7.90. The van der Waals surface area contributed by atoms with Gasteiger partial charge in [0.2, 0.25) is 0 Å². The predicted octanol–water partition coefficient (Wildman–Crippen LogP) is 3.56. The third-order valence-corrected chi connectivity index (χ3v) is 5.57. The number of anilines is 2. The number of rotatable bonds is 6. The van der Waals surface area contributed by atoms with Crippen molar-refractivity contribution in [2.45, 2.75) is 51.8 Å². The lowest BCUT2D eigenvalue weighted by Crippen LogP contribution is -2.51. The summed E-state index contributed by atoms with van der Waals surface area (Å²) in [4.78, 5) is 31.7. The number of aromatic amines is 1. The smallest absolute Gasteiger partial charge is 0.407 e. The monoisotopic (exact) mass is 461 g/mol. The number of carbonyl (C=O) groups excluding carboxylic acids is 1. The fourth-order valence-corrected chi connectivity index (χ4v) is 4.06. The standard InChI is InChI=1S/C23H32ClN5O3/c1-23(2,3)32-22(31)27-17-8-6-12-28(14-17)15-29(13-16-7-4-5-9-18(16)24)20-19(25)10-11-26-21(20)30/h4-5,7,9-11,17H,6,8,12-15H2,1-3H3,(H,27,31)(H3,25,26,30). The minimum absolute atomic E-state index is 0.0350. The fourth-order valence-electron chi connectivity index (χ4n) is 3.86. The third-order valence-electron chi connectivity index (χ3n) is 5.20. The van der Waals surface area contributed by atoms with Crippen LogP contribution in [0.3, 0.4) is 0 Å². The van der Waals surface area contributed by atoms with Crippen LogP contribution in [0.5, 0.6) is 0 Å². The minimum Gasteiger partial charge on any atom is -0.444 e. The Kier molecular flexibility index (Phi) is 7.69. The number of nitrogens with two attached hydrogens (primary N) is 1. The highest BCUT2D eigenvalue weighted by molar-refractivity contribution is 6.31. The van der Waals surface area contributed by atoms with Crippen LogP contribution in [0.25, 0.3) is 0 Å². The summed E-state index contributed by atoms with van der Waals surface area (Å²) in [6.07, 6.45) is 2.91. The zero-order valence-electron chi connectivity index (χ0n) is 18.9. The van der Waals surface area contributed by atoms with Gasteiger partial charge in [0, 0.05) is 30.4 Å². The molecule has 2 heterocycles. The molecule has 0 saturated carbocycles. The van der Waals surface area contributed by atoms with Gasteiger partial charge in [-0.3, -0.25) is 9.69 Å². The summed E-state index contributed by atoms with van der Waals surface area (Å²) < 4.78 is 5.39. The number of hydrogen-bond donors (Lipinski definition) is 3. The largest absolute Gasteiger partial charge is 0.444 e. The number of pyridine rings is 1. The number of nitrogens with one attached hydrogen (secondary N) is 2. The molecule has 3 rings (SSSR count). The zero-order chi connectivity index (χ0) is 23.3. The number of likely N-dealkylation sites (tertiary alicyclic amines) is 1. The number of alkyl carbamates (subject to hydrolysis) is 1. The van der Waals surface area contributed by atoms with E-state index in [4.69, 9.17) is 22.1 Å². The highest BCUT2D eigenvalue weighted by Gasteiger charge is 2.26. The van der Waals surface area contributed by atoms with Crippen molar-refractivity contribution in [3.63, 3.8) is 0 Å². The van der Waals surface area contributed by atoms with E-state index in [0.29, 0.717) is 36.2 Å². The van der Waals surface area contributed by atoms with Gasteiger partial charge in [0.15, 0.2) is 0 Å². The van der Waals surface area contributed by atoms with E-state index < -0.39 is 11.7 Å². The van der Waals surface area contributed by atoms with Crippen LogP contribution in [0.1, 0.15) is 39.2 Å². The molecule has 174 valence electrons. The fraction of sp³-hybridized carbons (Fsp3) is 0.478. The summed E-state index contributed by atoms with van der Waals surface area (Å²) in [6, 6.07) is 9.20. The average Bonchev–Trinajstić information content (AvgIpc) is 2.68. The highest BCUT2D eigenvalue weighted by atomic mass is 35.5. The Labute approximate surface area is 193 Å². The number of ether oxygens (including phenoxy) is 1. The molecule has 1 fully saturated rings. The van der Waals surface area contributed by atoms with E-state index in [0.717, 1.165) is 24.9 Å². The first-order valence-corrected chi connectivity index (χ1v) is 11.2. The molecule has 1 aromatic carbocycles. The molecule has 8 nitrogen and oxygen atoms in total. The molecule has 1 saturated heterocycles. The summed E-state index contributed by atoms with van der Waals surface area (Å²) in [7, 11) is 0. The lowest BCUT2D eigenvalue weighted by atomic mass is 10.1. The van der Waals surface area contributed by atoms with Gasteiger partial charge in [-0.2, -0.15) is 0 Å². The maximum atomic E-state index is 12.6. The summed E-state index contributed by atoms with van der Waals surface area (Å²) in [5, 5.41) is 3.60. The number of nitrogens with zero attached hydrogens (tertiary/aromatic N) is 2. The molecule has 0 radical (unpaired) electrons. The predicted molar refractivity (Wildman–Crippen MR) is 128 cm³/mol. The maximum Gasteiger partial charge on any atom is 0.407 e. The molecule has 2 aromatic rings. The van der Waals surface area contributed by atoms with Crippen LogP contribution in [0.15, 0.2) is 41.3 Å². The average molecular weight is 462 g/mol. The summed E-state index contributed by atoms with van der Waals surface area (Å²) >= 11 is 6.39. The summed E-state index contributed by atoms with van der Waals surface area (Å²) in [5.41, 5.74) is 7.10. The first kappa shape index (κ1) is 23.9. The second-order valence-electron chi connectivity index (χ2n) is 9.10. The SMILES string of the molecule is CC(C)(C)OC(=O)NC1CCCN(CN(Cc2ccccc2Cl)c2c(N)cc[nH]c2=O)C1. The first-order valence-electron chi connectivity index (χ1n) is 10.8. The molecule has 4 N–H and O–H groups in total. The van der Waals surface area contributed by atoms with E-state index in [1.165, 1.54) is 6.20 Å². The Morgan fingerprint density at radius 2 is 2.09 bits per heavy atom. The number of piperidine rings is 1. The van der Waals surface area contributed by atoms with Crippen LogP contribution < -0.4 is 21.5 Å². The van der Waals surface area contributed by atoms with Crippen LogP contribution in [0.2, 0.25) is 5.02 Å². The third kappa shape index (κ3) is 6.64. The molecular formula is C23H32ClN5O3. The molecule has 0 spiro atoms. The van der Waals surface area contributed by atoms with E-state index >= 15 is 0 Å². The molecule has 0 bridgehead atoms. The van der Waals surface area contributed by atoms with Crippen molar-refractivity contribution in [1.82, 2.24) is 15.2 Å². The van der Waals surface area contributed by atoms with E-state index in [9.17, 15) is 9.59 Å². The molecule has 1 atom stereocenters. The Balaban J connectivity index is 1.76. The van der Waals surface area contributed by atoms with Crippen LogP contribution in [-0.4, -0.2) is 47.4 Å². The quantitative estimate of drug-likeness (QED) is 0.607. The van der Waals surface area contributed by atoms with E-state index in [1.54, 1.807) is 6.07 Å². The zero-order valence-corrected chi connectivity index (χ0v) is 19.6. The number of halogens is 1. The van der Waals surface area contributed by atoms with Gasteiger partial charge in [-0.05, 0) is 57.9 Å². The topological polar surface area (TPSA) is 104 Å². The Hall–Kier alpha value is -2.71. The first-order chi connectivity index (χ1) is 15.1. The number of hydrogen-bond acceptors (Lipinski definition) is 6. The number of amides is 1. The Morgan fingerprint density at radius 3 is 2.78 bits per heavy atom. The number of carbonyl (C=O) groups is 1. The van der Waals surface area contributed by atoms with Crippen molar-refractivity contribution < 1.29 is 9.53 Å². The van der Waals surface area contributed by atoms with Gasteiger partial charge in [0.05, 0.1) is 12.4 Å². The molecule has 9 heteroatoms.